The molecule has 0 saturated heterocycles. The lowest BCUT2D eigenvalue weighted by Crippen LogP contribution is -2.31. The number of amides is 2. The Morgan fingerprint density at radius 2 is 1.68 bits per heavy atom. The van der Waals surface area contributed by atoms with Gasteiger partial charge < -0.3 is 10.6 Å². The second-order valence-corrected chi connectivity index (χ2v) is 5.96. The Kier molecular flexibility index (Phi) is 5.21. The Balaban J connectivity index is 1.99. The molecule has 0 aliphatic heterocycles. The van der Waals surface area contributed by atoms with Gasteiger partial charge in [-0.3, -0.25) is 0 Å². The van der Waals surface area contributed by atoms with Crippen LogP contribution in [0.5, 0.6) is 0 Å². The van der Waals surface area contributed by atoms with Crippen LogP contribution in [-0.4, -0.2) is 6.03 Å². The van der Waals surface area contributed by atoms with Gasteiger partial charge in [0.1, 0.15) is 0 Å². The SMILES string of the molecule is Cc1cc(NC(=O)NC(C)c2ccccc2)ccc1C(C)C. The van der Waals surface area contributed by atoms with Crippen LogP contribution in [0.15, 0.2) is 48.5 Å². The van der Waals surface area contributed by atoms with Crippen molar-refractivity contribution in [1.29, 1.82) is 0 Å². The number of aryl methyl sites for hydroxylation is 1. The number of carbonyl (C=O) groups is 1. The number of anilines is 1. The molecule has 22 heavy (non-hydrogen) atoms. The second-order valence-electron chi connectivity index (χ2n) is 5.96. The number of hydrogen-bond acceptors (Lipinski definition) is 1. The predicted octanol–water partition coefficient (Wildman–Crippen LogP) is 5.00. The molecule has 0 heterocycles. The third-order valence-electron chi connectivity index (χ3n) is 3.80. The van der Waals surface area contributed by atoms with Crippen LogP contribution in [0.3, 0.4) is 0 Å². The van der Waals surface area contributed by atoms with Crippen LogP contribution < -0.4 is 10.6 Å². The van der Waals surface area contributed by atoms with E-state index in [9.17, 15) is 4.79 Å². The quantitative estimate of drug-likeness (QED) is 0.819. The summed E-state index contributed by atoms with van der Waals surface area (Å²) in [6.07, 6.45) is 0. The monoisotopic (exact) mass is 296 g/mol. The van der Waals surface area contributed by atoms with Crippen LogP contribution >= 0.6 is 0 Å². The molecule has 2 aromatic carbocycles. The standard InChI is InChI=1S/C19H24N2O/c1-13(2)18-11-10-17(12-14(18)3)21-19(22)20-15(4)16-8-6-5-7-9-16/h5-13,15H,1-4H3,(H2,20,21,22). The minimum Gasteiger partial charge on any atom is -0.331 e. The Labute approximate surface area is 132 Å². The van der Waals surface area contributed by atoms with Crippen molar-refractivity contribution in [2.45, 2.75) is 39.7 Å². The van der Waals surface area contributed by atoms with E-state index in [1.165, 1.54) is 11.1 Å². The van der Waals surface area contributed by atoms with E-state index >= 15 is 0 Å². The lowest BCUT2D eigenvalue weighted by atomic mass is 9.98. The molecule has 2 N–H and O–H groups in total. The summed E-state index contributed by atoms with van der Waals surface area (Å²) in [5, 5.41) is 5.85. The van der Waals surface area contributed by atoms with E-state index in [4.69, 9.17) is 0 Å². The highest BCUT2D eigenvalue weighted by Gasteiger charge is 2.10. The largest absolute Gasteiger partial charge is 0.331 e. The maximum atomic E-state index is 12.1. The highest BCUT2D eigenvalue weighted by molar-refractivity contribution is 5.89. The third kappa shape index (κ3) is 4.10. The second kappa shape index (κ2) is 7.12. The number of rotatable bonds is 4. The predicted molar refractivity (Wildman–Crippen MR) is 92.3 cm³/mol. The summed E-state index contributed by atoms with van der Waals surface area (Å²) in [5.74, 6) is 0.487. The van der Waals surface area contributed by atoms with Gasteiger partial charge in [0.05, 0.1) is 6.04 Å². The van der Waals surface area contributed by atoms with Gasteiger partial charge in [0.15, 0.2) is 0 Å². The minimum atomic E-state index is -0.187. The molecule has 1 atom stereocenters. The van der Waals surface area contributed by atoms with Crippen LogP contribution in [-0.2, 0) is 0 Å². The molecule has 0 aliphatic rings. The number of carbonyl (C=O) groups excluding carboxylic acids is 1. The van der Waals surface area contributed by atoms with E-state index in [1.54, 1.807) is 0 Å². The third-order valence-corrected chi connectivity index (χ3v) is 3.80. The maximum absolute atomic E-state index is 12.1. The van der Waals surface area contributed by atoms with E-state index in [1.807, 2.05) is 49.4 Å². The van der Waals surface area contributed by atoms with Crippen molar-refractivity contribution in [2.75, 3.05) is 5.32 Å². The van der Waals surface area contributed by atoms with Crippen molar-refractivity contribution in [1.82, 2.24) is 5.32 Å². The summed E-state index contributed by atoms with van der Waals surface area (Å²) in [5.41, 5.74) is 4.41. The average molecular weight is 296 g/mol. The zero-order valence-electron chi connectivity index (χ0n) is 13.7. The Morgan fingerprint density at radius 3 is 2.27 bits per heavy atom. The molecule has 0 aromatic heterocycles. The van der Waals surface area contributed by atoms with Crippen molar-refractivity contribution < 1.29 is 4.79 Å². The van der Waals surface area contributed by atoms with Crippen LogP contribution in [0.25, 0.3) is 0 Å². The van der Waals surface area contributed by atoms with E-state index in [0.29, 0.717) is 5.92 Å². The first-order valence-electron chi connectivity index (χ1n) is 7.70. The van der Waals surface area contributed by atoms with Crippen molar-refractivity contribution in [3.8, 4) is 0 Å². The molecule has 2 amide bonds. The van der Waals surface area contributed by atoms with Crippen molar-refractivity contribution in [3.63, 3.8) is 0 Å². The maximum Gasteiger partial charge on any atom is 0.319 e. The first-order chi connectivity index (χ1) is 10.5. The van der Waals surface area contributed by atoms with Gasteiger partial charge in [-0.2, -0.15) is 0 Å². The summed E-state index contributed by atoms with van der Waals surface area (Å²) in [6, 6.07) is 15.8. The van der Waals surface area contributed by atoms with Gasteiger partial charge in [-0.25, -0.2) is 4.79 Å². The zero-order valence-corrected chi connectivity index (χ0v) is 13.7. The molecule has 3 heteroatoms. The van der Waals surface area contributed by atoms with Crippen LogP contribution in [0, 0.1) is 6.92 Å². The van der Waals surface area contributed by atoms with E-state index in [-0.39, 0.29) is 12.1 Å². The molecule has 116 valence electrons. The number of urea groups is 1. The fraction of sp³-hybridized carbons (Fsp3) is 0.316. The molecule has 3 nitrogen and oxygen atoms in total. The molecule has 0 saturated carbocycles. The number of hydrogen-bond donors (Lipinski definition) is 2. The van der Waals surface area contributed by atoms with Crippen molar-refractivity contribution in [3.05, 3.63) is 65.2 Å². The molecule has 0 bridgehead atoms. The minimum absolute atomic E-state index is 0.0303. The van der Waals surface area contributed by atoms with Crippen molar-refractivity contribution >= 4 is 11.7 Å². The smallest absolute Gasteiger partial charge is 0.319 e. The lowest BCUT2D eigenvalue weighted by molar-refractivity contribution is 0.249. The fourth-order valence-corrected chi connectivity index (χ4v) is 2.59. The molecular formula is C19H24N2O. The summed E-state index contributed by atoms with van der Waals surface area (Å²) in [4.78, 5) is 12.1. The molecule has 1 unspecified atom stereocenters. The van der Waals surface area contributed by atoms with Gasteiger partial charge in [-0.15, -0.1) is 0 Å². The Morgan fingerprint density at radius 1 is 1.00 bits per heavy atom. The van der Waals surface area contributed by atoms with Crippen LogP contribution in [0.4, 0.5) is 10.5 Å². The molecule has 2 aromatic rings. The van der Waals surface area contributed by atoms with Gasteiger partial charge in [0, 0.05) is 5.69 Å². The highest BCUT2D eigenvalue weighted by Crippen LogP contribution is 2.22. The van der Waals surface area contributed by atoms with Gasteiger partial charge in [0.25, 0.3) is 0 Å². The van der Waals surface area contributed by atoms with E-state index < -0.39 is 0 Å². The van der Waals surface area contributed by atoms with E-state index in [2.05, 4.69) is 37.5 Å². The summed E-state index contributed by atoms with van der Waals surface area (Å²) >= 11 is 0. The van der Waals surface area contributed by atoms with E-state index in [0.717, 1.165) is 11.3 Å². The molecule has 2 rings (SSSR count). The first kappa shape index (κ1) is 16.1. The van der Waals surface area contributed by atoms with Gasteiger partial charge in [-0.1, -0.05) is 50.2 Å². The normalized spacial score (nSPS) is 12.0. The Hall–Kier alpha value is -2.29. The molecular weight excluding hydrogens is 272 g/mol. The number of benzene rings is 2. The first-order valence-corrected chi connectivity index (χ1v) is 7.70. The van der Waals surface area contributed by atoms with Gasteiger partial charge in [-0.05, 0) is 48.6 Å². The molecule has 0 fully saturated rings. The summed E-state index contributed by atoms with van der Waals surface area (Å²) in [6.45, 7) is 8.39. The zero-order chi connectivity index (χ0) is 16.1. The van der Waals surface area contributed by atoms with Crippen LogP contribution in [0.1, 0.15) is 49.4 Å². The van der Waals surface area contributed by atoms with Gasteiger partial charge in [0.2, 0.25) is 0 Å². The summed E-state index contributed by atoms with van der Waals surface area (Å²) < 4.78 is 0. The highest BCUT2D eigenvalue weighted by atomic mass is 16.2. The topological polar surface area (TPSA) is 41.1 Å². The Bertz CT molecular complexity index is 635. The molecule has 0 spiro atoms. The number of nitrogens with one attached hydrogen (secondary N) is 2. The lowest BCUT2D eigenvalue weighted by Gasteiger charge is -2.16. The summed E-state index contributed by atoms with van der Waals surface area (Å²) in [7, 11) is 0. The molecule has 0 aliphatic carbocycles. The molecule has 0 radical (unpaired) electrons. The fourth-order valence-electron chi connectivity index (χ4n) is 2.59. The van der Waals surface area contributed by atoms with Gasteiger partial charge >= 0.3 is 6.03 Å². The van der Waals surface area contributed by atoms with Crippen molar-refractivity contribution in [2.24, 2.45) is 0 Å². The van der Waals surface area contributed by atoms with Crippen LogP contribution in [0.2, 0.25) is 0 Å². The average Bonchev–Trinajstić information content (AvgIpc) is 2.47.